The first-order valence-electron chi connectivity index (χ1n) is 29.3. The van der Waals surface area contributed by atoms with Crippen molar-refractivity contribution in [1.29, 1.82) is 0 Å². The zero-order valence-electron chi connectivity index (χ0n) is 45.8. The van der Waals surface area contributed by atoms with Gasteiger partial charge in [-0.15, -0.1) is 0 Å². The van der Waals surface area contributed by atoms with Crippen LogP contribution >= 0.6 is 35.3 Å². The summed E-state index contributed by atoms with van der Waals surface area (Å²) in [6.45, 7) is 11.7. The van der Waals surface area contributed by atoms with Crippen molar-refractivity contribution in [2.75, 3.05) is 74.8 Å². The van der Waals surface area contributed by atoms with Crippen molar-refractivity contribution in [3.63, 3.8) is 0 Å². The number of hydrogen-bond acceptors (Lipinski definition) is 12. The number of rotatable bonds is 52. The van der Waals surface area contributed by atoms with E-state index in [9.17, 15) is 24.0 Å². The highest BCUT2D eigenvalue weighted by molar-refractivity contribution is 8.00. The minimum absolute atomic E-state index is 0.117. The lowest BCUT2D eigenvalue weighted by molar-refractivity contribution is -0.144. The van der Waals surface area contributed by atoms with Gasteiger partial charge in [-0.2, -0.15) is 35.3 Å². The molecule has 1 aliphatic heterocycles. The topological polar surface area (TPSA) is 140 Å². The smallest absolute Gasteiger partial charge is 0.306 e. The minimum Gasteiger partial charge on any atom is -0.466 e. The monoisotopic (exact) mass is 1060 g/mol. The SMILES string of the molecule is CCCCCCCCCCCCCOC(=O)CCSCCC(NC(=O)CCCCC(CCSCCC(=O)OCCCCCCCC)SCCC(=O)OCCCCCCCC)C(=O)NCCN1CCCCC1. The van der Waals surface area contributed by atoms with Gasteiger partial charge in [-0.1, -0.05) is 162 Å². The Balaban J connectivity index is 2.55. The van der Waals surface area contributed by atoms with Gasteiger partial charge in [0, 0.05) is 42.0 Å². The van der Waals surface area contributed by atoms with Gasteiger partial charge < -0.3 is 29.7 Å². The minimum atomic E-state index is -0.627. The van der Waals surface area contributed by atoms with Crippen LogP contribution in [0, 0.1) is 0 Å². The van der Waals surface area contributed by atoms with Crippen molar-refractivity contribution < 1.29 is 38.2 Å². The number of hydrogen-bond donors (Lipinski definition) is 2. The zero-order valence-corrected chi connectivity index (χ0v) is 48.3. The van der Waals surface area contributed by atoms with Crippen LogP contribution in [0.5, 0.6) is 0 Å². The van der Waals surface area contributed by atoms with Gasteiger partial charge in [-0.3, -0.25) is 24.0 Å². The molecule has 1 aliphatic rings. The normalized spacial score (nSPS) is 13.7. The highest BCUT2D eigenvalue weighted by Gasteiger charge is 2.21. The maximum absolute atomic E-state index is 13.5. The van der Waals surface area contributed by atoms with Crippen molar-refractivity contribution in [2.24, 2.45) is 0 Å². The first-order chi connectivity index (χ1) is 34.8. The Labute approximate surface area is 448 Å². The Morgan fingerprint density at radius 3 is 1.38 bits per heavy atom. The third kappa shape index (κ3) is 45.5. The summed E-state index contributed by atoms with van der Waals surface area (Å²) in [7, 11) is 0. The summed E-state index contributed by atoms with van der Waals surface area (Å²) < 4.78 is 16.5. The molecule has 11 nitrogen and oxygen atoms in total. The van der Waals surface area contributed by atoms with Crippen molar-refractivity contribution in [1.82, 2.24) is 15.5 Å². The van der Waals surface area contributed by atoms with Gasteiger partial charge in [-0.05, 0) is 82.4 Å². The van der Waals surface area contributed by atoms with Crippen LogP contribution in [0.4, 0.5) is 0 Å². The van der Waals surface area contributed by atoms with Crippen LogP contribution in [0.3, 0.4) is 0 Å². The fourth-order valence-electron chi connectivity index (χ4n) is 8.69. The molecule has 2 unspecified atom stereocenters. The molecule has 1 heterocycles. The summed E-state index contributed by atoms with van der Waals surface area (Å²) in [5, 5.41) is 6.48. The molecular formula is C57H107N3O8S3. The van der Waals surface area contributed by atoms with Crippen LogP contribution in [-0.2, 0) is 38.2 Å². The number of thioether (sulfide) groups is 3. The molecule has 416 valence electrons. The van der Waals surface area contributed by atoms with Gasteiger partial charge in [0.1, 0.15) is 6.04 Å². The van der Waals surface area contributed by atoms with E-state index in [4.69, 9.17) is 14.2 Å². The average Bonchev–Trinajstić information content (AvgIpc) is 3.36. The van der Waals surface area contributed by atoms with Gasteiger partial charge in [0.05, 0.1) is 39.1 Å². The van der Waals surface area contributed by atoms with E-state index in [1.807, 2.05) is 11.8 Å². The Kier molecular flexibility index (Phi) is 49.2. The quantitative estimate of drug-likeness (QED) is 0.0340. The van der Waals surface area contributed by atoms with Crippen LogP contribution in [-0.4, -0.2) is 121 Å². The van der Waals surface area contributed by atoms with Crippen molar-refractivity contribution in [2.45, 2.75) is 257 Å². The molecule has 0 spiro atoms. The van der Waals surface area contributed by atoms with Crippen LogP contribution < -0.4 is 10.6 Å². The van der Waals surface area contributed by atoms with E-state index in [0.29, 0.717) is 87.4 Å². The molecule has 14 heteroatoms. The summed E-state index contributed by atoms with van der Waals surface area (Å²) in [5.74, 6) is 2.94. The van der Waals surface area contributed by atoms with E-state index in [1.165, 1.54) is 128 Å². The number of piperidine rings is 1. The summed E-state index contributed by atoms with van der Waals surface area (Å²) >= 11 is 5.21. The number of carbonyl (C=O) groups excluding carboxylic acids is 5. The average molecular weight is 1060 g/mol. The Morgan fingerprint density at radius 2 is 0.901 bits per heavy atom. The van der Waals surface area contributed by atoms with Crippen molar-refractivity contribution in [3.8, 4) is 0 Å². The molecule has 71 heavy (non-hydrogen) atoms. The number of ether oxygens (including phenoxy) is 3. The summed E-state index contributed by atoms with van der Waals surface area (Å²) in [6, 6.07) is -0.627. The molecular weight excluding hydrogens is 951 g/mol. The van der Waals surface area contributed by atoms with Gasteiger partial charge in [0.25, 0.3) is 0 Å². The molecule has 0 aromatic rings. The lowest BCUT2D eigenvalue weighted by atomic mass is 10.1. The number of carbonyl (C=O) groups is 5. The number of amides is 2. The highest BCUT2D eigenvalue weighted by atomic mass is 32.2. The van der Waals surface area contributed by atoms with E-state index < -0.39 is 6.04 Å². The largest absolute Gasteiger partial charge is 0.466 e. The molecule has 0 aliphatic carbocycles. The molecule has 2 atom stereocenters. The summed E-state index contributed by atoms with van der Waals surface area (Å²) in [5.41, 5.74) is 0. The molecule has 0 saturated carbocycles. The second kappa shape index (κ2) is 51.8. The first kappa shape index (κ1) is 67.4. The fourth-order valence-corrected chi connectivity index (χ4v) is 12.0. The Hall–Kier alpha value is -1.64. The molecule has 0 aromatic carbocycles. The van der Waals surface area contributed by atoms with E-state index in [-0.39, 0.29) is 29.7 Å². The standard InChI is InChI=1S/C57H107N3O8S3/c1-4-7-10-13-16-17-18-19-20-23-31-44-67-55(63)37-49-70-47-35-52(57(65)58-39-42-60-40-27-24-28-41-60)59-53(61)33-26-25-32-51(71-50-38-56(64)68-45-30-22-15-12-9-6-3)34-46-69-48-36-54(62)66-43-29-21-14-11-8-5-2/h51-52H,4-50H2,1-3H3,(H,58,65)(H,59,61). The van der Waals surface area contributed by atoms with Crippen LogP contribution in [0.1, 0.15) is 245 Å². The van der Waals surface area contributed by atoms with Gasteiger partial charge >= 0.3 is 17.9 Å². The van der Waals surface area contributed by atoms with Crippen LogP contribution in [0.15, 0.2) is 0 Å². The van der Waals surface area contributed by atoms with Gasteiger partial charge in [0.2, 0.25) is 11.8 Å². The van der Waals surface area contributed by atoms with Crippen LogP contribution in [0.25, 0.3) is 0 Å². The molecule has 0 radical (unpaired) electrons. The number of likely N-dealkylation sites (tertiary alicyclic amines) is 1. The van der Waals surface area contributed by atoms with E-state index in [0.717, 1.165) is 88.9 Å². The fraction of sp³-hybridized carbons (Fsp3) is 0.912. The molecule has 1 fully saturated rings. The lowest BCUT2D eigenvalue weighted by Crippen LogP contribution is -2.48. The maximum Gasteiger partial charge on any atom is 0.306 e. The molecule has 1 saturated heterocycles. The number of nitrogens with one attached hydrogen (secondary N) is 2. The van der Waals surface area contributed by atoms with Gasteiger partial charge in [-0.25, -0.2) is 0 Å². The molecule has 1 rings (SSSR count). The third-order valence-electron chi connectivity index (χ3n) is 13.2. The second-order valence-electron chi connectivity index (χ2n) is 19.8. The summed E-state index contributed by atoms with van der Waals surface area (Å²) in [4.78, 5) is 66.5. The Morgan fingerprint density at radius 1 is 0.465 bits per heavy atom. The predicted molar refractivity (Wildman–Crippen MR) is 304 cm³/mol. The highest BCUT2D eigenvalue weighted by Crippen LogP contribution is 2.25. The van der Waals surface area contributed by atoms with Crippen molar-refractivity contribution in [3.05, 3.63) is 0 Å². The maximum atomic E-state index is 13.5. The molecule has 0 bridgehead atoms. The van der Waals surface area contributed by atoms with Crippen LogP contribution in [0.2, 0.25) is 0 Å². The zero-order chi connectivity index (χ0) is 51.5. The lowest BCUT2D eigenvalue weighted by Gasteiger charge is -2.26. The second-order valence-corrected chi connectivity index (χ2v) is 23.7. The molecule has 2 N–H and O–H groups in total. The van der Waals surface area contributed by atoms with E-state index >= 15 is 0 Å². The Bertz CT molecular complexity index is 1280. The molecule has 0 aromatic heterocycles. The third-order valence-corrected chi connectivity index (χ3v) is 16.7. The van der Waals surface area contributed by atoms with E-state index in [2.05, 4.69) is 36.3 Å². The predicted octanol–water partition coefficient (Wildman–Crippen LogP) is 13.8. The van der Waals surface area contributed by atoms with E-state index in [1.54, 1.807) is 23.5 Å². The van der Waals surface area contributed by atoms with Crippen molar-refractivity contribution >= 4 is 65.0 Å². The summed E-state index contributed by atoms with van der Waals surface area (Å²) in [6.07, 6.45) is 36.9. The number of nitrogens with zero attached hydrogens (tertiary/aromatic N) is 1. The van der Waals surface area contributed by atoms with Gasteiger partial charge in [0.15, 0.2) is 0 Å². The first-order valence-corrected chi connectivity index (χ1v) is 32.7. The number of esters is 3. The molecule has 2 amide bonds. The number of unbranched alkanes of at least 4 members (excludes halogenated alkanes) is 21.